The molecule has 86 valence electrons. The second-order valence-electron chi connectivity index (χ2n) is 4.91. The van der Waals surface area contributed by atoms with Gasteiger partial charge in [0.25, 0.3) is 0 Å². The molecule has 0 heterocycles. The van der Waals surface area contributed by atoms with Crippen LogP contribution in [0.4, 0.5) is 0 Å². The molecule has 3 unspecified atom stereocenters. The molecule has 0 amide bonds. The Hall–Kier alpha value is 0.280. The Morgan fingerprint density at radius 1 is 1.12 bits per heavy atom. The molecule has 3 heteroatoms. The number of fused-ring (bicyclic) bond motifs is 1. The summed E-state index contributed by atoms with van der Waals surface area (Å²) in [5.74, 6) is 2.74. The van der Waals surface area contributed by atoms with Crippen molar-refractivity contribution >= 4 is 39.1 Å². The second-order valence-corrected chi connectivity index (χ2v) is 6.71. The van der Waals surface area contributed by atoms with Crippen LogP contribution in [0, 0.1) is 17.8 Å². The van der Waals surface area contributed by atoms with Crippen LogP contribution in [0.1, 0.15) is 29.7 Å². The summed E-state index contributed by atoms with van der Waals surface area (Å²) >= 11 is 15.8. The topological polar surface area (TPSA) is 0 Å². The van der Waals surface area contributed by atoms with Crippen LogP contribution >= 0.6 is 39.1 Å². The minimum atomic E-state index is 0.456. The van der Waals surface area contributed by atoms with Crippen LogP contribution in [-0.2, 0) is 0 Å². The monoisotopic (exact) mass is 318 g/mol. The van der Waals surface area contributed by atoms with Crippen molar-refractivity contribution < 1.29 is 0 Å². The van der Waals surface area contributed by atoms with Crippen molar-refractivity contribution in [2.45, 2.75) is 24.1 Å². The molecule has 0 spiro atoms. The fraction of sp³-hybridized carbons (Fsp3) is 0.538. The van der Waals surface area contributed by atoms with E-state index in [1.165, 1.54) is 24.8 Å². The summed E-state index contributed by atoms with van der Waals surface area (Å²) in [4.78, 5) is 0.456. The van der Waals surface area contributed by atoms with Gasteiger partial charge in [0.05, 0.1) is 10.0 Å². The first-order valence-corrected chi connectivity index (χ1v) is 7.44. The number of hydrogen-bond acceptors (Lipinski definition) is 0. The summed E-state index contributed by atoms with van der Waals surface area (Å²) in [7, 11) is 0. The molecular weight excluding hydrogens is 307 g/mol. The Labute approximate surface area is 114 Å². The molecule has 2 aliphatic rings. The summed E-state index contributed by atoms with van der Waals surface area (Å²) in [5, 5.41) is 1.30. The highest BCUT2D eigenvalue weighted by atomic mass is 79.9. The first-order chi connectivity index (χ1) is 7.68. The maximum Gasteiger partial charge on any atom is 0.0595 e. The number of alkyl halides is 1. The van der Waals surface area contributed by atoms with Crippen LogP contribution < -0.4 is 0 Å². The van der Waals surface area contributed by atoms with E-state index in [4.69, 9.17) is 23.2 Å². The summed E-state index contributed by atoms with van der Waals surface area (Å²) in [5.41, 5.74) is 1.27. The van der Waals surface area contributed by atoms with E-state index in [9.17, 15) is 0 Å². The zero-order chi connectivity index (χ0) is 11.3. The molecule has 2 aliphatic carbocycles. The van der Waals surface area contributed by atoms with Gasteiger partial charge in [-0.25, -0.2) is 0 Å². The minimum absolute atomic E-state index is 0.456. The SMILES string of the molecule is Clc1ccc(C(Br)C2C3CCCC32)cc1Cl. The number of benzene rings is 1. The van der Waals surface area contributed by atoms with Gasteiger partial charge in [-0.2, -0.15) is 0 Å². The molecular formula is C13H13BrCl2. The van der Waals surface area contributed by atoms with Crippen molar-refractivity contribution in [3.63, 3.8) is 0 Å². The summed E-state index contributed by atoms with van der Waals surface area (Å²) in [6, 6.07) is 5.98. The standard InChI is InChI=1S/C13H13BrCl2/c14-13(12-8-2-1-3-9(8)12)7-4-5-10(15)11(16)6-7/h4-6,8-9,12-13H,1-3H2. The first kappa shape index (κ1) is 11.4. The molecule has 0 N–H and O–H groups in total. The Balaban J connectivity index is 1.79. The van der Waals surface area contributed by atoms with Crippen LogP contribution in [0.2, 0.25) is 10.0 Å². The van der Waals surface area contributed by atoms with E-state index >= 15 is 0 Å². The Bertz CT molecular complexity index is 408. The zero-order valence-electron chi connectivity index (χ0n) is 8.80. The first-order valence-electron chi connectivity index (χ1n) is 5.77. The summed E-state index contributed by atoms with van der Waals surface area (Å²) in [6.07, 6.45) is 4.25. The fourth-order valence-corrected chi connectivity index (χ4v) is 4.59. The smallest absolute Gasteiger partial charge is 0.0595 e. The van der Waals surface area contributed by atoms with E-state index in [-0.39, 0.29) is 0 Å². The van der Waals surface area contributed by atoms with Gasteiger partial charge in [-0.05, 0) is 48.3 Å². The minimum Gasteiger partial charge on any atom is -0.0836 e. The lowest BCUT2D eigenvalue weighted by atomic mass is 10.0. The van der Waals surface area contributed by atoms with Gasteiger partial charge in [0.1, 0.15) is 0 Å². The molecule has 0 nitrogen and oxygen atoms in total. The Kier molecular flexibility index (Phi) is 2.98. The van der Waals surface area contributed by atoms with Crippen molar-refractivity contribution in [3.8, 4) is 0 Å². The number of rotatable bonds is 2. The number of halogens is 3. The average Bonchev–Trinajstić information content (AvgIpc) is 2.74. The van der Waals surface area contributed by atoms with Crippen molar-refractivity contribution in [2.24, 2.45) is 17.8 Å². The molecule has 1 aromatic rings. The molecule has 0 bridgehead atoms. The van der Waals surface area contributed by atoms with Crippen molar-refractivity contribution in [1.82, 2.24) is 0 Å². The van der Waals surface area contributed by atoms with E-state index in [2.05, 4.69) is 22.0 Å². The van der Waals surface area contributed by atoms with Crippen LogP contribution in [0.5, 0.6) is 0 Å². The molecule has 2 fully saturated rings. The second kappa shape index (κ2) is 4.19. The largest absolute Gasteiger partial charge is 0.0836 e. The van der Waals surface area contributed by atoms with Crippen LogP contribution in [-0.4, -0.2) is 0 Å². The molecule has 0 saturated heterocycles. The summed E-state index contributed by atoms with van der Waals surface area (Å²) in [6.45, 7) is 0. The normalized spacial score (nSPS) is 33.6. The summed E-state index contributed by atoms with van der Waals surface area (Å²) < 4.78 is 0. The van der Waals surface area contributed by atoms with E-state index in [0.717, 1.165) is 17.8 Å². The maximum atomic E-state index is 6.05. The van der Waals surface area contributed by atoms with Gasteiger partial charge in [0, 0.05) is 4.83 Å². The third-order valence-corrected chi connectivity index (χ3v) is 5.95. The molecule has 16 heavy (non-hydrogen) atoms. The fourth-order valence-electron chi connectivity index (χ4n) is 3.22. The predicted octanol–water partition coefficient (Wildman–Crippen LogP) is 5.48. The van der Waals surface area contributed by atoms with E-state index in [0.29, 0.717) is 14.9 Å². The quantitative estimate of drug-likeness (QED) is 0.633. The molecule has 3 rings (SSSR count). The van der Waals surface area contributed by atoms with Gasteiger partial charge < -0.3 is 0 Å². The van der Waals surface area contributed by atoms with Gasteiger partial charge in [-0.15, -0.1) is 0 Å². The van der Waals surface area contributed by atoms with Gasteiger partial charge in [0.2, 0.25) is 0 Å². The van der Waals surface area contributed by atoms with Gasteiger partial charge in [-0.3, -0.25) is 0 Å². The Morgan fingerprint density at radius 3 is 2.44 bits per heavy atom. The van der Waals surface area contributed by atoms with E-state index in [1.54, 1.807) is 0 Å². The van der Waals surface area contributed by atoms with Crippen LogP contribution in [0.15, 0.2) is 18.2 Å². The van der Waals surface area contributed by atoms with Crippen molar-refractivity contribution in [1.29, 1.82) is 0 Å². The lowest BCUT2D eigenvalue weighted by molar-refractivity contribution is 0.583. The van der Waals surface area contributed by atoms with Gasteiger partial charge in [0.15, 0.2) is 0 Å². The lowest BCUT2D eigenvalue weighted by Gasteiger charge is -2.13. The highest BCUT2D eigenvalue weighted by Crippen LogP contribution is 2.64. The highest BCUT2D eigenvalue weighted by Gasteiger charge is 2.55. The molecule has 0 aromatic heterocycles. The molecule has 3 atom stereocenters. The van der Waals surface area contributed by atoms with Crippen LogP contribution in [0.3, 0.4) is 0 Å². The predicted molar refractivity (Wildman–Crippen MR) is 72.5 cm³/mol. The third kappa shape index (κ3) is 1.81. The Morgan fingerprint density at radius 2 is 1.81 bits per heavy atom. The third-order valence-electron chi connectivity index (χ3n) is 4.07. The highest BCUT2D eigenvalue weighted by molar-refractivity contribution is 9.09. The number of hydrogen-bond donors (Lipinski definition) is 0. The van der Waals surface area contributed by atoms with Gasteiger partial charge in [-0.1, -0.05) is 51.6 Å². The zero-order valence-corrected chi connectivity index (χ0v) is 11.9. The molecule has 2 saturated carbocycles. The molecule has 1 aromatic carbocycles. The van der Waals surface area contributed by atoms with Gasteiger partial charge >= 0.3 is 0 Å². The maximum absolute atomic E-state index is 6.05. The molecule has 0 aliphatic heterocycles. The average molecular weight is 320 g/mol. The van der Waals surface area contributed by atoms with Crippen molar-refractivity contribution in [2.75, 3.05) is 0 Å². The lowest BCUT2D eigenvalue weighted by Crippen LogP contribution is -1.98. The van der Waals surface area contributed by atoms with Crippen LogP contribution in [0.25, 0.3) is 0 Å². The van der Waals surface area contributed by atoms with Crippen molar-refractivity contribution in [3.05, 3.63) is 33.8 Å². The van der Waals surface area contributed by atoms with E-state index < -0.39 is 0 Å². The molecule has 0 radical (unpaired) electrons. The van der Waals surface area contributed by atoms with E-state index in [1.807, 2.05) is 12.1 Å².